The second-order valence-corrected chi connectivity index (χ2v) is 11.7. The molecule has 4 heterocycles. The van der Waals surface area contributed by atoms with Crippen LogP contribution in [0.15, 0.2) is 72.9 Å². The summed E-state index contributed by atoms with van der Waals surface area (Å²) in [6.07, 6.45) is 5.43. The lowest BCUT2D eigenvalue weighted by Gasteiger charge is -2.51. The van der Waals surface area contributed by atoms with Crippen molar-refractivity contribution in [2.75, 3.05) is 39.9 Å². The fourth-order valence-corrected chi connectivity index (χ4v) is 6.73. The Kier molecular flexibility index (Phi) is 8.95. The number of nitrogens with one attached hydrogen (secondary N) is 1. The Morgan fingerprint density at radius 3 is 2.40 bits per heavy atom. The van der Waals surface area contributed by atoms with E-state index in [0.717, 1.165) is 61.4 Å². The van der Waals surface area contributed by atoms with Gasteiger partial charge in [0.25, 0.3) is 5.91 Å². The summed E-state index contributed by atoms with van der Waals surface area (Å²) in [4.78, 5) is 18.6. The average Bonchev–Trinajstić information content (AvgIpc) is 3.41. The van der Waals surface area contributed by atoms with E-state index >= 15 is 0 Å². The first-order valence-corrected chi connectivity index (χ1v) is 15.3. The Hall–Kier alpha value is -3.88. The number of amides is 1. The van der Waals surface area contributed by atoms with Gasteiger partial charge in [0.05, 0.1) is 18.2 Å². The Morgan fingerprint density at radius 2 is 1.67 bits per heavy atom. The zero-order chi connectivity index (χ0) is 29.8. The molecule has 2 bridgehead atoms. The van der Waals surface area contributed by atoms with Gasteiger partial charge in [0, 0.05) is 62.9 Å². The third-order valence-corrected chi connectivity index (χ3v) is 9.09. The molecule has 2 atom stereocenters. The first kappa shape index (κ1) is 29.2. The average molecular weight is 585 g/mol. The van der Waals surface area contributed by atoms with E-state index in [0.29, 0.717) is 36.5 Å². The first-order chi connectivity index (χ1) is 21.0. The van der Waals surface area contributed by atoms with Crippen molar-refractivity contribution < 1.29 is 18.7 Å². The van der Waals surface area contributed by atoms with Gasteiger partial charge in [0.15, 0.2) is 0 Å². The SMILES string of the molecule is COc1cccc2c(C(=O)NCc3ccccc3C)cn(CCCN3CC4CCC3CN4CCOc3ccc(F)cc3)c12. The molecule has 43 heavy (non-hydrogen) atoms. The van der Waals surface area contributed by atoms with Gasteiger partial charge in [-0.15, -0.1) is 0 Å². The number of nitrogens with zero attached hydrogens (tertiary/aromatic N) is 3. The Balaban J connectivity index is 1.05. The highest BCUT2D eigenvalue weighted by Crippen LogP contribution is 2.32. The molecule has 4 aromatic rings. The third-order valence-electron chi connectivity index (χ3n) is 9.09. The van der Waals surface area contributed by atoms with Gasteiger partial charge in [0.1, 0.15) is 23.9 Å². The molecular weight excluding hydrogens is 543 g/mol. The first-order valence-electron chi connectivity index (χ1n) is 15.3. The van der Waals surface area contributed by atoms with Crippen molar-refractivity contribution in [3.05, 3.63) is 95.4 Å². The van der Waals surface area contributed by atoms with Gasteiger partial charge in [-0.2, -0.15) is 0 Å². The number of fused-ring (bicyclic) bond motifs is 4. The van der Waals surface area contributed by atoms with Crippen LogP contribution in [0.1, 0.15) is 40.7 Å². The molecule has 0 radical (unpaired) electrons. The highest BCUT2D eigenvalue weighted by atomic mass is 19.1. The number of halogens is 1. The third kappa shape index (κ3) is 6.55. The smallest absolute Gasteiger partial charge is 0.253 e. The number of aromatic nitrogens is 1. The van der Waals surface area contributed by atoms with Crippen molar-refractivity contribution in [1.82, 2.24) is 19.7 Å². The second kappa shape index (κ2) is 13.2. The van der Waals surface area contributed by atoms with Crippen LogP contribution in [0.25, 0.3) is 10.9 Å². The predicted octanol–water partition coefficient (Wildman–Crippen LogP) is 5.65. The van der Waals surface area contributed by atoms with E-state index in [1.807, 2.05) is 36.5 Å². The maximum atomic E-state index is 13.4. The van der Waals surface area contributed by atoms with Crippen LogP contribution in [0, 0.1) is 12.7 Å². The summed E-state index contributed by atoms with van der Waals surface area (Å²) in [5, 5.41) is 4.04. The Morgan fingerprint density at radius 1 is 0.930 bits per heavy atom. The number of ether oxygens (including phenoxy) is 2. The molecule has 0 spiro atoms. The maximum absolute atomic E-state index is 13.4. The van der Waals surface area contributed by atoms with Crippen molar-refractivity contribution >= 4 is 16.8 Å². The molecule has 1 aromatic heterocycles. The summed E-state index contributed by atoms with van der Waals surface area (Å²) in [7, 11) is 1.69. The van der Waals surface area contributed by atoms with Crippen molar-refractivity contribution in [3.8, 4) is 11.5 Å². The van der Waals surface area contributed by atoms with Crippen molar-refractivity contribution in [2.24, 2.45) is 0 Å². The van der Waals surface area contributed by atoms with Crippen LogP contribution in [-0.2, 0) is 13.1 Å². The van der Waals surface area contributed by atoms with Crippen LogP contribution in [0.4, 0.5) is 4.39 Å². The number of piperidine rings is 2. The van der Waals surface area contributed by atoms with Crippen LogP contribution in [0.3, 0.4) is 0 Å². The van der Waals surface area contributed by atoms with Crippen LogP contribution in [0.2, 0.25) is 0 Å². The number of carbonyl (C=O) groups is 1. The molecule has 1 amide bonds. The fraction of sp³-hybridized carbons (Fsp3) is 0.400. The molecule has 0 aliphatic carbocycles. The number of piperazine rings is 1. The number of methoxy groups -OCH3 is 1. The number of para-hydroxylation sites is 1. The molecule has 7 rings (SSSR count). The van der Waals surface area contributed by atoms with Crippen LogP contribution >= 0.6 is 0 Å². The minimum atomic E-state index is -0.246. The van der Waals surface area contributed by atoms with E-state index in [9.17, 15) is 9.18 Å². The van der Waals surface area contributed by atoms with E-state index in [-0.39, 0.29) is 11.7 Å². The Bertz CT molecular complexity index is 1550. The molecule has 3 fully saturated rings. The van der Waals surface area contributed by atoms with Crippen molar-refractivity contribution in [2.45, 2.75) is 51.4 Å². The molecule has 8 heteroatoms. The van der Waals surface area contributed by atoms with Crippen molar-refractivity contribution in [3.63, 3.8) is 0 Å². The van der Waals surface area contributed by atoms with E-state index in [1.54, 1.807) is 19.2 Å². The largest absolute Gasteiger partial charge is 0.495 e. The monoisotopic (exact) mass is 584 g/mol. The molecule has 3 aliphatic rings. The highest BCUT2D eigenvalue weighted by molar-refractivity contribution is 6.08. The van der Waals surface area contributed by atoms with Gasteiger partial charge in [-0.3, -0.25) is 14.6 Å². The lowest BCUT2D eigenvalue weighted by atomic mass is 9.90. The minimum absolute atomic E-state index is 0.0721. The summed E-state index contributed by atoms with van der Waals surface area (Å²) in [6.45, 7) is 8.01. The van der Waals surface area contributed by atoms with Gasteiger partial charge in [-0.25, -0.2) is 4.39 Å². The minimum Gasteiger partial charge on any atom is -0.495 e. The number of aryl methyl sites for hydroxylation is 2. The van der Waals surface area contributed by atoms with E-state index < -0.39 is 0 Å². The summed E-state index contributed by atoms with van der Waals surface area (Å²) in [6, 6.07) is 21.4. The molecular formula is C35H41FN4O3. The van der Waals surface area contributed by atoms with Crippen LogP contribution in [-0.4, -0.2) is 72.3 Å². The number of hydrogen-bond donors (Lipinski definition) is 1. The molecule has 7 nitrogen and oxygen atoms in total. The Labute approximate surface area is 253 Å². The van der Waals surface area contributed by atoms with Crippen LogP contribution < -0.4 is 14.8 Å². The molecule has 3 saturated heterocycles. The molecule has 226 valence electrons. The van der Waals surface area contributed by atoms with Gasteiger partial charge in [-0.1, -0.05) is 36.4 Å². The topological polar surface area (TPSA) is 59.0 Å². The quantitative estimate of drug-likeness (QED) is 0.234. The normalized spacial score (nSPS) is 18.7. The fourth-order valence-electron chi connectivity index (χ4n) is 6.73. The standard InChI is InChI=1S/C35H41FN4O3/c1-25-7-3-4-8-26(25)21-37-35(41)32-24-40(34-31(32)9-5-10-33(34)42-2)18-6-17-38-22-29-14-13-28(38)23-39(29)19-20-43-30-15-11-27(36)12-16-30/h3-5,7-12,15-16,24,28-29H,6,13-14,17-23H2,1-2H3,(H,37,41). The number of carbonyl (C=O) groups excluding carboxylic acids is 1. The number of hydrogen-bond acceptors (Lipinski definition) is 5. The molecule has 0 saturated carbocycles. The number of rotatable bonds is 12. The lowest BCUT2D eigenvalue weighted by Crippen LogP contribution is -2.63. The summed E-state index contributed by atoms with van der Waals surface area (Å²) in [5.74, 6) is 1.18. The van der Waals surface area contributed by atoms with E-state index in [2.05, 4.69) is 38.7 Å². The summed E-state index contributed by atoms with van der Waals surface area (Å²) >= 11 is 0. The summed E-state index contributed by atoms with van der Waals surface area (Å²) in [5.41, 5.74) is 3.93. The lowest BCUT2D eigenvalue weighted by molar-refractivity contribution is -0.0259. The van der Waals surface area contributed by atoms with Gasteiger partial charge in [0.2, 0.25) is 0 Å². The van der Waals surface area contributed by atoms with Gasteiger partial charge >= 0.3 is 0 Å². The van der Waals surface area contributed by atoms with E-state index in [1.165, 1.54) is 30.5 Å². The number of benzene rings is 3. The van der Waals surface area contributed by atoms with Gasteiger partial charge in [-0.05, 0) is 67.6 Å². The van der Waals surface area contributed by atoms with Gasteiger partial charge < -0.3 is 19.4 Å². The second-order valence-electron chi connectivity index (χ2n) is 11.7. The zero-order valence-electron chi connectivity index (χ0n) is 25.1. The maximum Gasteiger partial charge on any atom is 0.253 e. The zero-order valence-corrected chi connectivity index (χ0v) is 25.1. The van der Waals surface area contributed by atoms with Crippen molar-refractivity contribution in [1.29, 1.82) is 0 Å². The molecule has 3 aromatic carbocycles. The highest BCUT2D eigenvalue weighted by Gasteiger charge is 2.38. The molecule has 2 unspecified atom stereocenters. The predicted molar refractivity (Wildman–Crippen MR) is 167 cm³/mol. The molecule has 1 N–H and O–H groups in total. The summed E-state index contributed by atoms with van der Waals surface area (Å²) < 4.78 is 26.9. The molecule has 3 aliphatic heterocycles. The van der Waals surface area contributed by atoms with Crippen LogP contribution in [0.5, 0.6) is 11.5 Å². The van der Waals surface area contributed by atoms with E-state index in [4.69, 9.17) is 9.47 Å².